The summed E-state index contributed by atoms with van der Waals surface area (Å²) >= 11 is 0. The van der Waals surface area contributed by atoms with Crippen molar-refractivity contribution in [2.75, 3.05) is 13.1 Å². The topological polar surface area (TPSA) is 54.0 Å². The molecule has 1 rings (SSSR count). The Labute approximate surface area is 114 Å². The number of hydrogen-bond donors (Lipinski definition) is 2. The lowest BCUT2D eigenvalue weighted by molar-refractivity contribution is 0.0945. The van der Waals surface area contributed by atoms with Gasteiger partial charge in [0.2, 0.25) is 0 Å². The molecular formula is C11H19Cl2N3O. The van der Waals surface area contributed by atoms with Crippen LogP contribution in [0.4, 0.5) is 0 Å². The van der Waals surface area contributed by atoms with Crippen molar-refractivity contribution in [2.24, 2.45) is 0 Å². The summed E-state index contributed by atoms with van der Waals surface area (Å²) in [7, 11) is 0. The van der Waals surface area contributed by atoms with Gasteiger partial charge in [-0.2, -0.15) is 0 Å². The van der Waals surface area contributed by atoms with E-state index in [-0.39, 0.29) is 36.8 Å². The number of pyridine rings is 1. The van der Waals surface area contributed by atoms with Gasteiger partial charge in [-0.1, -0.05) is 13.0 Å². The van der Waals surface area contributed by atoms with E-state index in [0.29, 0.717) is 12.2 Å². The lowest BCUT2D eigenvalue weighted by Crippen LogP contribution is -2.39. The van der Waals surface area contributed by atoms with Gasteiger partial charge in [0, 0.05) is 18.8 Å². The van der Waals surface area contributed by atoms with Crippen LogP contribution < -0.4 is 10.6 Å². The number of likely N-dealkylation sites (N-methyl/N-ethyl adjacent to an activating group) is 1. The van der Waals surface area contributed by atoms with Gasteiger partial charge >= 0.3 is 0 Å². The molecule has 0 spiro atoms. The first-order valence-corrected chi connectivity index (χ1v) is 5.16. The third-order valence-corrected chi connectivity index (χ3v) is 2.02. The summed E-state index contributed by atoms with van der Waals surface area (Å²) in [5, 5.41) is 6.04. The maximum Gasteiger partial charge on any atom is 0.269 e. The van der Waals surface area contributed by atoms with Crippen LogP contribution >= 0.6 is 24.8 Å². The summed E-state index contributed by atoms with van der Waals surface area (Å²) in [6.45, 7) is 5.59. The van der Waals surface area contributed by atoms with Crippen LogP contribution in [0.1, 0.15) is 24.3 Å². The standard InChI is InChI=1S/C11H17N3O.2ClH/c1-3-12-9(2)8-14-11(15)10-6-4-5-7-13-10;;/h4-7,9,12H,3,8H2,1-2H3,(H,14,15);2*1H/t9-;;/m1../s1. The van der Waals surface area contributed by atoms with Crippen molar-refractivity contribution in [3.63, 3.8) is 0 Å². The Morgan fingerprint density at radius 3 is 2.65 bits per heavy atom. The highest BCUT2D eigenvalue weighted by Crippen LogP contribution is 1.92. The Morgan fingerprint density at radius 2 is 2.12 bits per heavy atom. The Hall–Kier alpha value is -0.840. The van der Waals surface area contributed by atoms with Crippen molar-refractivity contribution in [3.8, 4) is 0 Å². The van der Waals surface area contributed by atoms with E-state index in [1.165, 1.54) is 0 Å². The molecule has 1 heterocycles. The smallest absolute Gasteiger partial charge is 0.269 e. The van der Waals surface area contributed by atoms with Gasteiger partial charge in [0.05, 0.1) is 0 Å². The molecule has 0 aromatic carbocycles. The quantitative estimate of drug-likeness (QED) is 0.862. The summed E-state index contributed by atoms with van der Waals surface area (Å²) in [4.78, 5) is 15.5. The summed E-state index contributed by atoms with van der Waals surface area (Å²) in [6.07, 6.45) is 1.61. The molecule has 0 fully saturated rings. The van der Waals surface area contributed by atoms with Crippen molar-refractivity contribution in [1.82, 2.24) is 15.6 Å². The average Bonchev–Trinajstić information content (AvgIpc) is 2.27. The number of carbonyl (C=O) groups excluding carboxylic acids is 1. The second kappa shape index (κ2) is 10.3. The van der Waals surface area contributed by atoms with Crippen LogP contribution in [0.15, 0.2) is 24.4 Å². The Kier molecular flexibility index (Phi) is 11.2. The maximum atomic E-state index is 11.6. The van der Waals surface area contributed by atoms with Crippen LogP contribution in [0.5, 0.6) is 0 Å². The van der Waals surface area contributed by atoms with E-state index in [4.69, 9.17) is 0 Å². The third-order valence-electron chi connectivity index (χ3n) is 2.02. The summed E-state index contributed by atoms with van der Waals surface area (Å²) in [6, 6.07) is 5.57. The first-order valence-electron chi connectivity index (χ1n) is 5.16. The van der Waals surface area contributed by atoms with Crippen molar-refractivity contribution >= 4 is 30.7 Å². The second-order valence-electron chi connectivity index (χ2n) is 3.38. The van der Waals surface area contributed by atoms with Crippen LogP contribution in [0, 0.1) is 0 Å². The molecule has 4 nitrogen and oxygen atoms in total. The van der Waals surface area contributed by atoms with E-state index in [9.17, 15) is 4.79 Å². The molecule has 1 atom stereocenters. The van der Waals surface area contributed by atoms with E-state index in [1.807, 2.05) is 13.8 Å². The zero-order valence-corrected chi connectivity index (χ0v) is 11.6. The molecular weight excluding hydrogens is 261 g/mol. The van der Waals surface area contributed by atoms with Gasteiger partial charge in [0.15, 0.2) is 0 Å². The van der Waals surface area contributed by atoms with Crippen LogP contribution in [0.2, 0.25) is 0 Å². The molecule has 0 unspecified atom stereocenters. The van der Waals surface area contributed by atoms with E-state index in [0.717, 1.165) is 6.54 Å². The molecule has 1 aromatic heterocycles. The molecule has 1 amide bonds. The first kappa shape index (κ1) is 18.5. The monoisotopic (exact) mass is 279 g/mol. The summed E-state index contributed by atoms with van der Waals surface area (Å²) in [5.41, 5.74) is 0.459. The van der Waals surface area contributed by atoms with E-state index >= 15 is 0 Å². The van der Waals surface area contributed by atoms with Gasteiger partial charge in [-0.15, -0.1) is 24.8 Å². The predicted octanol–water partition coefficient (Wildman–Crippen LogP) is 1.65. The fourth-order valence-corrected chi connectivity index (χ4v) is 1.25. The summed E-state index contributed by atoms with van der Waals surface area (Å²) < 4.78 is 0. The highest BCUT2D eigenvalue weighted by atomic mass is 35.5. The number of nitrogens with zero attached hydrogens (tertiary/aromatic N) is 1. The first-order chi connectivity index (χ1) is 7.24. The van der Waals surface area contributed by atoms with Gasteiger partial charge in [-0.25, -0.2) is 0 Å². The lowest BCUT2D eigenvalue weighted by atomic mass is 10.3. The SMILES string of the molecule is CCN[C@H](C)CNC(=O)c1ccccn1.Cl.Cl. The van der Waals surface area contributed by atoms with Crippen LogP contribution in [0.25, 0.3) is 0 Å². The van der Waals surface area contributed by atoms with E-state index in [2.05, 4.69) is 15.6 Å². The number of aromatic nitrogens is 1. The molecule has 98 valence electrons. The molecule has 2 N–H and O–H groups in total. The highest BCUT2D eigenvalue weighted by molar-refractivity contribution is 5.92. The third kappa shape index (κ3) is 7.15. The van der Waals surface area contributed by atoms with Crippen molar-refractivity contribution < 1.29 is 4.79 Å². The Morgan fingerprint density at radius 1 is 1.41 bits per heavy atom. The van der Waals surface area contributed by atoms with Gasteiger partial charge < -0.3 is 10.6 Å². The second-order valence-corrected chi connectivity index (χ2v) is 3.38. The number of amides is 1. The minimum absolute atomic E-state index is 0. The normalized spacial score (nSPS) is 10.7. The van der Waals surface area contributed by atoms with Crippen LogP contribution in [-0.2, 0) is 0 Å². The van der Waals surface area contributed by atoms with E-state index < -0.39 is 0 Å². The zero-order chi connectivity index (χ0) is 11.1. The molecule has 0 aliphatic carbocycles. The Bertz CT molecular complexity index is 309. The molecule has 17 heavy (non-hydrogen) atoms. The molecule has 0 saturated carbocycles. The van der Waals surface area contributed by atoms with E-state index in [1.54, 1.807) is 24.4 Å². The molecule has 0 radical (unpaired) electrons. The number of hydrogen-bond acceptors (Lipinski definition) is 3. The molecule has 0 saturated heterocycles. The zero-order valence-electron chi connectivity index (χ0n) is 9.97. The highest BCUT2D eigenvalue weighted by Gasteiger charge is 2.06. The minimum Gasteiger partial charge on any atom is -0.349 e. The van der Waals surface area contributed by atoms with Crippen molar-refractivity contribution in [2.45, 2.75) is 19.9 Å². The van der Waals surface area contributed by atoms with Gasteiger partial charge in [-0.05, 0) is 25.6 Å². The number of carbonyl (C=O) groups is 1. The van der Waals surface area contributed by atoms with Gasteiger partial charge in [0.1, 0.15) is 5.69 Å². The van der Waals surface area contributed by atoms with Gasteiger partial charge in [-0.3, -0.25) is 9.78 Å². The molecule has 6 heteroatoms. The maximum absolute atomic E-state index is 11.6. The lowest BCUT2D eigenvalue weighted by Gasteiger charge is -2.12. The number of nitrogens with one attached hydrogen (secondary N) is 2. The molecule has 0 bridgehead atoms. The molecule has 0 aliphatic heterocycles. The molecule has 1 aromatic rings. The van der Waals surface area contributed by atoms with Crippen LogP contribution in [-0.4, -0.2) is 30.0 Å². The Balaban J connectivity index is 0. The average molecular weight is 280 g/mol. The van der Waals surface area contributed by atoms with Crippen molar-refractivity contribution in [3.05, 3.63) is 30.1 Å². The summed E-state index contributed by atoms with van der Waals surface area (Å²) in [5.74, 6) is -0.125. The number of halogens is 2. The van der Waals surface area contributed by atoms with Gasteiger partial charge in [0.25, 0.3) is 5.91 Å². The number of rotatable bonds is 5. The fourth-order valence-electron chi connectivity index (χ4n) is 1.25. The fraction of sp³-hybridized carbons (Fsp3) is 0.455. The van der Waals surface area contributed by atoms with Crippen molar-refractivity contribution in [1.29, 1.82) is 0 Å². The minimum atomic E-state index is -0.125. The van der Waals surface area contributed by atoms with Crippen LogP contribution in [0.3, 0.4) is 0 Å². The predicted molar refractivity (Wildman–Crippen MR) is 74.2 cm³/mol. The largest absolute Gasteiger partial charge is 0.349 e. The molecule has 0 aliphatic rings.